The van der Waals surface area contributed by atoms with E-state index in [1.165, 1.54) is 0 Å². The highest BCUT2D eigenvalue weighted by molar-refractivity contribution is 14.0. The SMILES string of the molecule is CN=C(NCCCOCC1CCOC1)NCc1nc(C)c(C)o1.I. The molecule has 0 saturated carbocycles. The predicted octanol–water partition coefficient (Wildman–Crippen LogP) is 2.02. The standard InChI is InChI=1S/C16H28N4O3.HI/c1-12-13(2)23-15(20-12)9-19-16(17-3)18-6-4-7-21-10-14-5-8-22-11-14;/h14H,4-11H2,1-3H3,(H2,17,18,19);1H. The van der Waals surface area contributed by atoms with Gasteiger partial charge in [-0.05, 0) is 26.7 Å². The molecule has 2 heterocycles. The Bertz CT molecular complexity index is 482. The Hall–Kier alpha value is -0.870. The molecule has 138 valence electrons. The molecule has 1 aromatic rings. The number of guanidine groups is 1. The van der Waals surface area contributed by atoms with Gasteiger partial charge in [-0.25, -0.2) is 4.98 Å². The van der Waals surface area contributed by atoms with Crippen LogP contribution in [-0.4, -0.2) is 51.0 Å². The van der Waals surface area contributed by atoms with Gasteiger partial charge in [-0.3, -0.25) is 4.99 Å². The average molecular weight is 452 g/mol. The maximum Gasteiger partial charge on any atom is 0.214 e. The van der Waals surface area contributed by atoms with Crippen LogP contribution in [0, 0.1) is 19.8 Å². The molecule has 1 unspecified atom stereocenters. The van der Waals surface area contributed by atoms with Gasteiger partial charge >= 0.3 is 0 Å². The van der Waals surface area contributed by atoms with Crippen molar-refractivity contribution in [3.05, 3.63) is 17.3 Å². The summed E-state index contributed by atoms with van der Waals surface area (Å²) in [4.78, 5) is 8.51. The number of aryl methyl sites for hydroxylation is 2. The first-order chi connectivity index (χ1) is 11.2. The van der Waals surface area contributed by atoms with E-state index in [0.717, 1.165) is 63.2 Å². The largest absolute Gasteiger partial charge is 0.444 e. The fraction of sp³-hybridized carbons (Fsp3) is 0.750. The van der Waals surface area contributed by atoms with Crippen LogP contribution in [0.25, 0.3) is 0 Å². The number of nitrogens with zero attached hydrogens (tertiary/aromatic N) is 2. The summed E-state index contributed by atoms with van der Waals surface area (Å²) < 4.78 is 16.5. The molecule has 0 spiro atoms. The van der Waals surface area contributed by atoms with Crippen molar-refractivity contribution in [3.63, 3.8) is 0 Å². The van der Waals surface area contributed by atoms with Crippen molar-refractivity contribution in [2.45, 2.75) is 33.2 Å². The molecule has 0 bridgehead atoms. The molecular formula is C16H29IN4O3. The number of hydrogen-bond donors (Lipinski definition) is 2. The molecule has 1 aromatic heterocycles. The van der Waals surface area contributed by atoms with Gasteiger partial charge in [0.15, 0.2) is 5.96 Å². The molecule has 1 saturated heterocycles. The first-order valence-corrected chi connectivity index (χ1v) is 8.22. The zero-order valence-electron chi connectivity index (χ0n) is 14.8. The molecule has 1 aliphatic heterocycles. The number of aliphatic imine (C=N–C) groups is 1. The molecule has 8 heteroatoms. The van der Waals surface area contributed by atoms with Gasteiger partial charge in [-0.2, -0.15) is 0 Å². The lowest BCUT2D eigenvalue weighted by atomic mass is 10.1. The van der Waals surface area contributed by atoms with Crippen molar-refractivity contribution < 1.29 is 13.9 Å². The van der Waals surface area contributed by atoms with Crippen molar-refractivity contribution in [2.75, 3.05) is 40.0 Å². The number of halogens is 1. The van der Waals surface area contributed by atoms with Crippen molar-refractivity contribution >= 4 is 29.9 Å². The lowest BCUT2D eigenvalue weighted by Gasteiger charge is -2.11. The molecule has 0 aromatic carbocycles. The van der Waals surface area contributed by atoms with Gasteiger partial charge in [0.25, 0.3) is 0 Å². The van der Waals surface area contributed by atoms with E-state index in [9.17, 15) is 0 Å². The molecule has 2 N–H and O–H groups in total. The quantitative estimate of drug-likeness (QED) is 0.272. The van der Waals surface area contributed by atoms with Crippen molar-refractivity contribution in [2.24, 2.45) is 10.9 Å². The maximum atomic E-state index is 5.67. The highest BCUT2D eigenvalue weighted by Gasteiger charge is 2.15. The predicted molar refractivity (Wildman–Crippen MR) is 104 cm³/mol. The Kier molecular flexibility index (Phi) is 10.3. The highest BCUT2D eigenvalue weighted by Crippen LogP contribution is 2.12. The normalized spacial score (nSPS) is 17.6. The third-order valence-corrected chi connectivity index (χ3v) is 3.84. The molecule has 7 nitrogen and oxygen atoms in total. The summed E-state index contributed by atoms with van der Waals surface area (Å²) >= 11 is 0. The Morgan fingerprint density at radius 3 is 2.83 bits per heavy atom. The minimum absolute atomic E-state index is 0. The van der Waals surface area contributed by atoms with Gasteiger partial charge in [0.1, 0.15) is 5.76 Å². The van der Waals surface area contributed by atoms with Crippen LogP contribution in [0.1, 0.15) is 30.2 Å². The average Bonchev–Trinajstić information content (AvgIpc) is 3.16. The fourth-order valence-corrected chi connectivity index (χ4v) is 2.34. The Morgan fingerprint density at radius 1 is 1.38 bits per heavy atom. The molecule has 1 atom stereocenters. The molecule has 2 rings (SSSR count). The third-order valence-electron chi connectivity index (χ3n) is 3.84. The third kappa shape index (κ3) is 7.35. The van der Waals surface area contributed by atoms with E-state index >= 15 is 0 Å². The molecule has 0 aliphatic carbocycles. The van der Waals surface area contributed by atoms with Crippen molar-refractivity contribution in [1.82, 2.24) is 15.6 Å². The van der Waals surface area contributed by atoms with Gasteiger partial charge in [0.05, 0.1) is 25.5 Å². The Morgan fingerprint density at radius 2 is 2.21 bits per heavy atom. The molecule has 0 radical (unpaired) electrons. The number of ether oxygens (including phenoxy) is 2. The van der Waals surface area contributed by atoms with E-state index in [0.29, 0.717) is 18.4 Å². The monoisotopic (exact) mass is 452 g/mol. The van der Waals surface area contributed by atoms with Gasteiger partial charge in [-0.15, -0.1) is 24.0 Å². The van der Waals surface area contributed by atoms with Crippen molar-refractivity contribution in [1.29, 1.82) is 0 Å². The van der Waals surface area contributed by atoms with E-state index in [2.05, 4.69) is 20.6 Å². The number of hydrogen-bond acceptors (Lipinski definition) is 5. The second kappa shape index (κ2) is 11.6. The van der Waals surface area contributed by atoms with Crippen LogP contribution in [0.3, 0.4) is 0 Å². The second-order valence-corrected chi connectivity index (χ2v) is 5.76. The Labute approximate surface area is 161 Å². The summed E-state index contributed by atoms with van der Waals surface area (Å²) in [7, 11) is 1.75. The summed E-state index contributed by atoms with van der Waals surface area (Å²) in [6.07, 6.45) is 2.06. The summed E-state index contributed by atoms with van der Waals surface area (Å²) in [5.74, 6) is 2.84. The summed E-state index contributed by atoms with van der Waals surface area (Å²) in [6, 6.07) is 0. The first kappa shape index (κ1) is 21.2. The molecule has 24 heavy (non-hydrogen) atoms. The van der Waals surface area contributed by atoms with Crippen LogP contribution in [0.5, 0.6) is 0 Å². The first-order valence-electron chi connectivity index (χ1n) is 8.22. The molecule has 1 fully saturated rings. The smallest absolute Gasteiger partial charge is 0.214 e. The topological polar surface area (TPSA) is 80.9 Å². The summed E-state index contributed by atoms with van der Waals surface area (Å²) in [5.41, 5.74) is 0.926. The van der Waals surface area contributed by atoms with Gasteiger partial charge in [-0.1, -0.05) is 0 Å². The highest BCUT2D eigenvalue weighted by atomic mass is 127. The fourth-order valence-electron chi connectivity index (χ4n) is 2.34. The van der Waals surface area contributed by atoms with Gasteiger partial charge in [0.2, 0.25) is 5.89 Å². The van der Waals surface area contributed by atoms with Gasteiger partial charge in [0, 0.05) is 32.7 Å². The maximum absolute atomic E-state index is 5.67. The van der Waals surface area contributed by atoms with E-state index in [4.69, 9.17) is 13.9 Å². The minimum Gasteiger partial charge on any atom is -0.444 e. The minimum atomic E-state index is 0. The van der Waals surface area contributed by atoms with Crippen LogP contribution in [0.15, 0.2) is 9.41 Å². The van der Waals surface area contributed by atoms with E-state index in [1.807, 2.05) is 13.8 Å². The lowest BCUT2D eigenvalue weighted by Crippen LogP contribution is -2.37. The number of rotatable bonds is 8. The van der Waals surface area contributed by atoms with Crippen LogP contribution >= 0.6 is 24.0 Å². The zero-order valence-corrected chi connectivity index (χ0v) is 17.1. The molecule has 0 amide bonds. The number of nitrogens with one attached hydrogen (secondary N) is 2. The molecule has 1 aliphatic rings. The number of oxazole rings is 1. The van der Waals surface area contributed by atoms with Crippen LogP contribution in [0.2, 0.25) is 0 Å². The van der Waals surface area contributed by atoms with Gasteiger partial charge < -0.3 is 24.5 Å². The van der Waals surface area contributed by atoms with Crippen LogP contribution < -0.4 is 10.6 Å². The Balaban J connectivity index is 0.00000288. The van der Waals surface area contributed by atoms with E-state index in [-0.39, 0.29) is 24.0 Å². The summed E-state index contributed by atoms with van der Waals surface area (Å²) in [5, 5.41) is 6.44. The summed E-state index contributed by atoms with van der Waals surface area (Å²) in [6.45, 7) is 8.45. The zero-order chi connectivity index (χ0) is 16.5. The number of aromatic nitrogens is 1. The van der Waals surface area contributed by atoms with Crippen LogP contribution in [-0.2, 0) is 16.0 Å². The van der Waals surface area contributed by atoms with Crippen LogP contribution in [0.4, 0.5) is 0 Å². The molecular weight excluding hydrogens is 423 g/mol. The lowest BCUT2D eigenvalue weighted by molar-refractivity contribution is 0.0888. The second-order valence-electron chi connectivity index (χ2n) is 5.76. The van der Waals surface area contributed by atoms with Crippen molar-refractivity contribution in [3.8, 4) is 0 Å². The van der Waals surface area contributed by atoms with E-state index in [1.54, 1.807) is 7.05 Å². The van der Waals surface area contributed by atoms with E-state index < -0.39 is 0 Å².